The van der Waals surface area contributed by atoms with Crippen molar-refractivity contribution in [2.45, 2.75) is 20.0 Å². The first-order valence-corrected chi connectivity index (χ1v) is 7.77. The van der Waals surface area contributed by atoms with E-state index in [0.29, 0.717) is 17.3 Å². The Balaban J connectivity index is 1.73. The van der Waals surface area contributed by atoms with E-state index in [1.165, 1.54) is 0 Å². The Labute approximate surface area is 147 Å². The lowest BCUT2D eigenvalue weighted by molar-refractivity contribution is -0.137. The fourth-order valence-electron chi connectivity index (χ4n) is 2.52. The van der Waals surface area contributed by atoms with Crippen molar-refractivity contribution < 1.29 is 22.4 Å². The molecule has 134 valence electrons. The van der Waals surface area contributed by atoms with E-state index in [1.54, 1.807) is 31.2 Å². The van der Waals surface area contributed by atoms with Gasteiger partial charge < -0.3 is 9.73 Å². The third-order valence-electron chi connectivity index (χ3n) is 3.79. The number of carbonyl (C=O) groups is 1. The van der Waals surface area contributed by atoms with Gasteiger partial charge >= 0.3 is 6.18 Å². The summed E-state index contributed by atoms with van der Waals surface area (Å²) in [4.78, 5) is 16.5. The minimum absolute atomic E-state index is 0.144. The molecule has 26 heavy (non-hydrogen) atoms. The predicted molar refractivity (Wildman–Crippen MR) is 90.8 cm³/mol. The number of aromatic nitrogens is 1. The minimum atomic E-state index is -4.43. The lowest BCUT2D eigenvalue weighted by Crippen LogP contribution is -2.12. The topological polar surface area (TPSA) is 55.1 Å². The number of rotatable bonds is 3. The summed E-state index contributed by atoms with van der Waals surface area (Å²) in [7, 11) is 0. The number of carbonyl (C=O) groups excluding carboxylic acids is 1. The summed E-state index contributed by atoms with van der Waals surface area (Å²) in [5.41, 5.74) is 1.44. The van der Waals surface area contributed by atoms with Crippen LogP contribution < -0.4 is 5.32 Å². The molecule has 0 radical (unpaired) electrons. The molecular weight excluding hydrogens is 345 g/mol. The van der Waals surface area contributed by atoms with Crippen molar-refractivity contribution in [3.05, 3.63) is 71.3 Å². The second-order valence-electron chi connectivity index (χ2n) is 5.74. The molecule has 0 spiro atoms. The number of alkyl halides is 3. The zero-order valence-corrected chi connectivity index (χ0v) is 14.0. The maximum absolute atomic E-state index is 12.6. The standard InChI is InChI=1S/C19H15F3N2O2/c1-11-17(23-12(2)26-11)13-5-9-16(10-6-13)24-18(25)14-3-7-15(8-4-14)19(20,21)22/h3-10H,1-2H3,(H,24,25). The van der Waals surface area contributed by atoms with Crippen LogP contribution in [0.1, 0.15) is 27.6 Å². The van der Waals surface area contributed by atoms with Crippen LogP contribution in [0.15, 0.2) is 52.9 Å². The van der Waals surface area contributed by atoms with Crippen LogP contribution in [0.3, 0.4) is 0 Å². The second-order valence-corrected chi connectivity index (χ2v) is 5.74. The molecule has 3 rings (SSSR count). The van der Waals surface area contributed by atoms with Crippen molar-refractivity contribution in [2.75, 3.05) is 5.32 Å². The van der Waals surface area contributed by atoms with Gasteiger partial charge in [0, 0.05) is 23.7 Å². The van der Waals surface area contributed by atoms with Crippen molar-refractivity contribution in [3.8, 4) is 11.3 Å². The number of oxazole rings is 1. The van der Waals surface area contributed by atoms with Crippen LogP contribution in [0.25, 0.3) is 11.3 Å². The van der Waals surface area contributed by atoms with Crippen LogP contribution in [0.4, 0.5) is 18.9 Å². The fourth-order valence-corrected chi connectivity index (χ4v) is 2.52. The Morgan fingerprint density at radius 1 is 1.00 bits per heavy atom. The molecule has 0 bridgehead atoms. The number of benzene rings is 2. The van der Waals surface area contributed by atoms with E-state index in [4.69, 9.17) is 4.42 Å². The summed E-state index contributed by atoms with van der Waals surface area (Å²) >= 11 is 0. The van der Waals surface area contributed by atoms with E-state index < -0.39 is 17.6 Å². The normalized spacial score (nSPS) is 11.4. The lowest BCUT2D eigenvalue weighted by atomic mass is 10.1. The van der Waals surface area contributed by atoms with E-state index in [-0.39, 0.29) is 5.56 Å². The van der Waals surface area contributed by atoms with E-state index >= 15 is 0 Å². The van der Waals surface area contributed by atoms with E-state index in [1.807, 2.05) is 6.92 Å². The Kier molecular flexibility index (Phi) is 4.54. The smallest absolute Gasteiger partial charge is 0.416 e. The molecule has 1 N–H and O–H groups in total. The monoisotopic (exact) mass is 360 g/mol. The number of anilines is 1. The largest absolute Gasteiger partial charge is 0.446 e. The van der Waals surface area contributed by atoms with Gasteiger partial charge in [-0.3, -0.25) is 4.79 Å². The van der Waals surface area contributed by atoms with Gasteiger partial charge in [0.1, 0.15) is 11.5 Å². The van der Waals surface area contributed by atoms with Crippen LogP contribution in [0.5, 0.6) is 0 Å². The molecule has 1 amide bonds. The highest BCUT2D eigenvalue weighted by Gasteiger charge is 2.30. The van der Waals surface area contributed by atoms with Gasteiger partial charge in [-0.1, -0.05) is 12.1 Å². The molecular formula is C19H15F3N2O2. The summed E-state index contributed by atoms with van der Waals surface area (Å²) in [6.45, 7) is 3.57. The molecule has 0 saturated heterocycles. The number of halogens is 3. The second kappa shape index (κ2) is 6.67. The van der Waals surface area contributed by atoms with Gasteiger partial charge in [-0.2, -0.15) is 13.2 Å². The fraction of sp³-hybridized carbons (Fsp3) is 0.158. The summed E-state index contributed by atoms with van der Waals surface area (Å²) in [5, 5.41) is 2.65. The van der Waals surface area contributed by atoms with E-state index in [2.05, 4.69) is 10.3 Å². The molecule has 0 fully saturated rings. The predicted octanol–water partition coefficient (Wildman–Crippen LogP) is 5.23. The average molecular weight is 360 g/mol. The molecule has 3 aromatic rings. The van der Waals surface area contributed by atoms with Gasteiger partial charge in [0.2, 0.25) is 0 Å². The van der Waals surface area contributed by atoms with Crippen molar-refractivity contribution >= 4 is 11.6 Å². The van der Waals surface area contributed by atoms with Gasteiger partial charge in [0.15, 0.2) is 5.89 Å². The zero-order chi connectivity index (χ0) is 18.9. The maximum atomic E-state index is 12.6. The molecule has 2 aromatic carbocycles. The number of nitrogens with one attached hydrogen (secondary N) is 1. The third kappa shape index (κ3) is 3.77. The van der Waals surface area contributed by atoms with Crippen molar-refractivity contribution in [1.29, 1.82) is 0 Å². The van der Waals surface area contributed by atoms with Crippen LogP contribution in [-0.2, 0) is 6.18 Å². The number of aryl methyl sites for hydroxylation is 2. The molecule has 0 aliphatic carbocycles. The first-order valence-electron chi connectivity index (χ1n) is 7.77. The maximum Gasteiger partial charge on any atom is 0.416 e. The molecule has 0 aliphatic rings. The Morgan fingerprint density at radius 2 is 1.62 bits per heavy atom. The van der Waals surface area contributed by atoms with Crippen LogP contribution in [0, 0.1) is 13.8 Å². The quantitative estimate of drug-likeness (QED) is 0.696. The molecule has 0 saturated carbocycles. The highest BCUT2D eigenvalue weighted by Crippen LogP contribution is 2.29. The first-order chi connectivity index (χ1) is 12.2. The summed E-state index contributed by atoms with van der Waals surface area (Å²) in [5.74, 6) is 0.779. The molecule has 0 atom stereocenters. The van der Waals surface area contributed by atoms with Crippen LogP contribution >= 0.6 is 0 Å². The van der Waals surface area contributed by atoms with Gasteiger partial charge in [-0.15, -0.1) is 0 Å². The Hall–Kier alpha value is -3.09. The van der Waals surface area contributed by atoms with Gasteiger partial charge in [-0.05, 0) is 43.3 Å². The summed E-state index contributed by atoms with van der Waals surface area (Å²) < 4.78 is 43.1. The lowest BCUT2D eigenvalue weighted by Gasteiger charge is -2.09. The van der Waals surface area contributed by atoms with E-state index in [0.717, 1.165) is 35.5 Å². The van der Waals surface area contributed by atoms with Gasteiger partial charge in [0.25, 0.3) is 5.91 Å². The molecule has 1 heterocycles. The first kappa shape index (κ1) is 17.7. The van der Waals surface area contributed by atoms with Gasteiger partial charge in [0.05, 0.1) is 5.56 Å². The van der Waals surface area contributed by atoms with Crippen LogP contribution in [-0.4, -0.2) is 10.9 Å². The summed E-state index contributed by atoms with van der Waals surface area (Å²) in [6, 6.07) is 11.0. The minimum Gasteiger partial charge on any atom is -0.446 e. The highest BCUT2D eigenvalue weighted by molar-refractivity contribution is 6.04. The van der Waals surface area contributed by atoms with Gasteiger partial charge in [-0.25, -0.2) is 4.98 Å². The molecule has 0 aliphatic heterocycles. The number of hydrogen-bond acceptors (Lipinski definition) is 3. The number of amides is 1. The number of nitrogens with zero attached hydrogens (tertiary/aromatic N) is 1. The zero-order valence-electron chi connectivity index (χ0n) is 14.0. The van der Waals surface area contributed by atoms with Crippen molar-refractivity contribution in [2.24, 2.45) is 0 Å². The van der Waals surface area contributed by atoms with E-state index in [9.17, 15) is 18.0 Å². The summed E-state index contributed by atoms with van der Waals surface area (Å²) in [6.07, 6.45) is -4.43. The van der Waals surface area contributed by atoms with Crippen molar-refractivity contribution in [3.63, 3.8) is 0 Å². The van der Waals surface area contributed by atoms with Crippen LogP contribution in [0.2, 0.25) is 0 Å². The molecule has 0 unspecified atom stereocenters. The third-order valence-corrected chi connectivity index (χ3v) is 3.79. The average Bonchev–Trinajstić information content (AvgIpc) is 2.93. The molecule has 4 nitrogen and oxygen atoms in total. The number of hydrogen-bond donors (Lipinski definition) is 1. The Bertz CT molecular complexity index is 927. The molecule has 1 aromatic heterocycles. The molecule has 7 heteroatoms. The van der Waals surface area contributed by atoms with Crippen molar-refractivity contribution in [1.82, 2.24) is 4.98 Å². The highest BCUT2D eigenvalue weighted by atomic mass is 19.4. The Morgan fingerprint density at radius 3 is 2.12 bits per heavy atom. The SMILES string of the molecule is Cc1nc(-c2ccc(NC(=O)c3ccc(C(F)(F)F)cc3)cc2)c(C)o1.